The van der Waals surface area contributed by atoms with Gasteiger partial charge in [-0.25, -0.2) is 9.38 Å². The molecule has 2 aromatic heterocycles. The van der Waals surface area contributed by atoms with Crippen LogP contribution in [0.25, 0.3) is 4.96 Å². The molecule has 0 spiro atoms. The van der Waals surface area contributed by atoms with Gasteiger partial charge in [0.25, 0.3) is 5.56 Å². The first-order valence-electron chi connectivity index (χ1n) is 4.64. The van der Waals surface area contributed by atoms with Gasteiger partial charge in [0.1, 0.15) is 10.2 Å². The molecule has 0 bridgehead atoms. The van der Waals surface area contributed by atoms with Gasteiger partial charge in [0.2, 0.25) is 0 Å². The van der Waals surface area contributed by atoms with Crippen molar-refractivity contribution >= 4 is 48.2 Å². The van der Waals surface area contributed by atoms with E-state index in [1.807, 2.05) is 0 Å². The largest absolute Gasteiger partial charge is 0.432 e. The van der Waals surface area contributed by atoms with Gasteiger partial charge in [-0.1, -0.05) is 15.9 Å². The fourth-order valence-electron chi connectivity index (χ4n) is 1.41. The Kier molecular flexibility index (Phi) is 3.58. The summed E-state index contributed by atoms with van der Waals surface area (Å²) in [7, 11) is 0. The highest BCUT2D eigenvalue weighted by molar-refractivity contribution is 9.11. The third-order valence-electron chi connectivity index (χ3n) is 2.21. The fourth-order valence-corrected chi connectivity index (χ4v) is 3.55. The van der Waals surface area contributed by atoms with E-state index in [0.717, 1.165) is 16.7 Å². The topological polar surface area (TPSA) is 34.4 Å². The van der Waals surface area contributed by atoms with E-state index in [1.54, 1.807) is 6.92 Å². The summed E-state index contributed by atoms with van der Waals surface area (Å²) in [5, 5.41) is 0.888. The third kappa shape index (κ3) is 2.23. The number of fused-ring (bicyclic) bond motifs is 1. The molecule has 9 heteroatoms. The summed E-state index contributed by atoms with van der Waals surface area (Å²) in [6, 6.07) is 0. The highest BCUT2D eigenvalue weighted by Gasteiger charge is 2.35. The van der Waals surface area contributed by atoms with Gasteiger partial charge < -0.3 is 0 Å². The second-order valence-corrected chi connectivity index (χ2v) is 6.47. The SMILES string of the molecule is CC(Br)c1nc2scc(C(F)(F)F)n2c(=O)c1Br. The number of halogens is 5. The van der Waals surface area contributed by atoms with Crippen LogP contribution in [0.2, 0.25) is 0 Å². The molecule has 0 amide bonds. The minimum atomic E-state index is -4.58. The molecule has 0 aliphatic heterocycles. The van der Waals surface area contributed by atoms with E-state index in [0.29, 0.717) is 10.1 Å². The Morgan fingerprint density at radius 3 is 2.61 bits per heavy atom. The van der Waals surface area contributed by atoms with Crippen molar-refractivity contribution in [2.24, 2.45) is 0 Å². The standard InChI is InChI=1S/C9H5Br2F3N2OS/c1-3(10)6-5(11)7(17)16-4(9(12,13)14)2-18-8(16)15-6/h2-3H,1H3. The van der Waals surface area contributed by atoms with Crippen LogP contribution in [-0.2, 0) is 6.18 Å². The van der Waals surface area contributed by atoms with Gasteiger partial charge in [0.05, 0.1) is 10.5 Å². The molecule has 0 saturated heterocycles. The van der Waals surface area contributed by atoms with Gasteiger partial charge in [-0.3, -0.25) is 4.79 Å². The first kappa shape index (κ1) is 14.0. The number of hydrogen-bond donors (Lipinski definition) is 0. The molecule has 2 heterocycles. The summed E-state index contributed by atoms with van der Waals surface area (Å²) in [5.41, 5.74) is -1.38. The monoisotopic (exact) mass is 404 g/mol. The Morgan fingerprint density at radius 1 is 1.50 bits per heavy atom. The molecule has 0 aliphatic rings. The molecular formula is C9H5Br2F3N2OS. The number of rotatable bonds is 1. The van der Waals surface area contributed by atoms with Crippen LogP contribution in [0.5, 0.6) is 0 Å². The normalized spacial score (nSPS) is 14.1. The maximum atomic E-state index is 12.7. The first-order chi connectivity index (χ1) is 8.23. The number of nitrogens with zero attached hydrogens (tertiary/aromatic N) is 2. The summed E-state index contributed by atoms with van der Waals surface area (Å²) in [6.07, 6.45) is -4.58. The van der Waals surface area contributed by atoms with Crippen molar-refractivity contribution < 1.29 is 13.2 Å². The summed E-state index contributed by atoms with van der Waals surface area (Å²) in [4.78, 5) is 15.8. The summed E-state index contributed by atoms with van der Waals surface area (Å²) in [5.74, 6) is 0. The van der Waals surface area contributed by atoms with Crippen molar-refractivity contribution in [3.05, 3.63) is 31.6 Å². The molecule has 2 rings (SSSR count). The van der Waals surface area contributed by atoms with Crippen LogP contribution in [0, 0.1) is 0 Å². The van der Waals surface area contributed by atoms with E-state index in [-0.39, 0.29) is 14.3 Å². The second kappa shape index (κ2) is 4.61. The van der Waals surface area contributed by atoms with Crippen LogP contribution in [0.15, 0.2) is 14.6 Å². The molecule has 18 heavy (non-hydrogen) atoms. The van der Waals surface area contributed by atoms with E-state index < -0.39 is 17.4 Å². The number of aromatic nitrogens is 2. The summed E-state index contributed by atoms with van der Waals surface area (Å²) in [6.45, 7) is 1.74. The third-order valence-corrected chi connectivity index (χ3v) is 4.21. The molecule has 0 radical (unpaired) electrons. The Bertz CT molecular complexity index is 662. The van der Waals surface area contributed by atoms with Gasteiger partial charge in [-0.15, -0.1) is 11.3 Å². The van der Waals surface area contributed by atoms with Crippen LogP contribution < -0.4 is 5.56 Å². The lowest BCUT2D eigenvalue weighted by Gasteiger charge is -2.08. The lowest BCUT2D eigenvalue weighted by atomic mass is 10.3. The van der Waals surface area contributed by atoms with Crippen molar-refractivity contribution in [3.63, 3.8) is 0 Å². The molecule has 0 N–H and O–H groups in total. The van der Waals surface area contributed by atoms with Crippen LogP contribution in [0.3, 0.4) is 0 Å². The highest BCUT2D eigenvalue weighted by atomic mass is 79.9. The maximum absolute atomic E-state index is 12.7. The molecule has 0 aromatic carbocycles. The van der Waals surface area contributed by atoms with Crippen molar-refractivity contribution in [2.45, 2.75) is 17.9 Å². The Balaban J connectivity index is 2.86. The van der Waals surface area contributed by atoms with Crippen molar-refractivity contribution in [1.82, 2.24) is 9.38 Å². The van der Waals surface area contributed by atoms with Gasteiger partial charge in [-0.05, 0) is 22.9 Å². The predicted octanol–water partition coefficient (Wildman–Crippen LogP) is 3.99. The van der Waals surface area contributed by atoms with Crippen LogP contribution in [0.4, 0.5) is 13.2 Å². The number of alkyl halides is 4. The van der Waals surface area contributed by atoms with Crippen molar-refractivity contribution in [3.8, 4) is 0 Å². The zero-order valence-electron chi connectivity index (χ0n) is 8.76. The smallest absolute Gasteiger partial charge is 0.268 e. The molecule has 1 atom stereocenters. The quantitative estimate of drug-likeness (QED) is 0.672. The Hall–Kier alpha value is -0.410. The molecule has 3 nitrogen and oxygen atoms in total. The molecule has 0 fully saturated rings. The summed E-state index contributed by atoms with van der Waals surface area (Å²) < 4.78 is 38.8. The van der Waals surface area contributed by atoms with Crippen LogP contribution >= 0.6 is 43.2 Å². The van der Waals surface area contributed by atoms with Gasteiger partial charge in [0, 0.05) is 5.38 Å². The minimum Gasteiger partial charge on any atom is -0.268 e. The number of hydrogen-bond acceptors (Lipinski definition) is 3. The lowest BCUT2D eigenvalue weighted by Crippen LogP contribution is -2.22. The molecular weight excluding hydrogens is 401 g/mol. The molecule has 2 aromatic rings. The molecule has 1 unspecified atom stereocenters. The van der Waals surface area contributed by atoms with Crippen LogP contribution in [-0.4, -0.2) is 9.38 Å². The van der Waals surface area contributed by atoms with Crippen LogP contribution in [0.1, 0.15) is 23.1 Å². The van der Waals surface area contributed by atoms with Crippen molar-refractivity contribution in [1.29, 1.82) is 0 Å². The molecule has 0 aliphatic carbocycles. The van der Waals surface area contributed by atoms with Gasteiger partial charge in [-0.2, -0.15) is 13.2 Å². The number of thiazole rings is 1. The van der Waals surface area contributed by atoms with Gasteiger partial charge >= 0.3 is 6.18 Å². The van der Waals surface area contributed by atoms with E-state index in [2.05, 4.69) is 36.8 Å². The highest BCUT2D eigenvalue weighted by Crippen LogP contribution is 2.33. The minimum absolute atomic E-state index is 0.0248. The molecule has 98 valence electrons. The Labute approximate surface area is 120 Å². The zero-order valence-corrected chi connectivity index (χ0v) is 12.7. The first-order valence-corrected chi connectivity index (χ1v) is 7.23. The fraction of sp³-hybridized carbons (Fsp3) is 0.333. The average Bonchev–Trinajstić information content (AvgIpc) is 2.66. The van der Waals surface area contributed by atoms with E-state index in [4.69, 9.17) is 0 Å². The predicted molar refractivity (Wildman–Crippen MR) is 69.4 cm³/mol. The van der Waals surface area contributed by atoms with E-state index in [9.17, 15) is 18.0 Å². The zero-order chi connectivity index (χ0) is 13.7. The second-order valence-electron chi connectivity index (χ2n) is 3.47. The van der Waals surface area contributed by atoms with Crippen molar-refractivity contribution in [2.75, 3.05) is 0 Å². The molecule has 0 saturated carbocycles. The van der Waals surface area contributed by atoms with Gasteiger partial charge in [0.15, 0.2) is 4.96 Å². The van der Waals surface area contributed by atoms with E-state index >= 15 is 0 Å². The maximum Gasteiger partial charge on any atom is 0.432 e. The van der Waals surface area contributed by atoms with E-state index in [1.165, 1.54) is 0 Å². The Morgan fingerprint density at radius 2 is 2.11 bits per heavy atom. The summed E-state index contributed by atoms with van der Waals surface area (Å²) >= 11 is 7.03. The lowest BCUT2D eigenvalue weighted by molar-refractivity contribution is -0.141. The average molecular weight is 406 g/mol.